The van der Waals surface area contributed by atoms with Crippen molar-refractivity contribution >= 4 is 23.8 Å². The second-order valence-electron chi connectivity index (χ2n) is 9.36. The molecule has 1 aromatic carbocycles. The zero-order valence-corrected chi connectivity index (χ0v) is 19.2. The van der Waals surface area contributed by atoms with Gasteiger partial charge in [-0.05, 0) is 75.4 Å². The molecule has 31 heavy (non-hydrogen) atoms. The van der Waals surface area contributed by atoms with Gasteiger partial charge in [-0.1, -0.05) is 24.6 Å². The molecule has 6 heteroatoms. The molecular formula is C25H31N3O3. The highest BCUT2D eigenvalue weighted by Crippen LogP contribution is 2.30. The van der Waals surface area contributed by atoms with Crippen molar-refractivity contribution in [3.8, 4) is 0 Å². The van der Waals surface area contributed by atoms with Crippen LogP contribution in [0.3, 0.4) is 0 Å². The van der Waals surface area contributed by atoms with Crippen molar-refractivity contribution in [2.45, 2.75) is 59.6 Å². The smallest absolute Gasteiger partial charge is 0.410 e. The maximum absolute atomic E-state index is 12.9. The fraction of sp³-hybridized carbons (Fsp3) is 0.400. The summed E-state index contributed by atoms with van der Waals surface area (Å²) in [7, 11) is 0. The van der Waals surface area contributed by atoms with Gasteiger partial charge in [0.15, 0.2) is 0 Å². The normalized spacial score (nSPS) is 15.7. The number of hydrogen-bond donors (Lipinski definition) is 1. The zero-order valence-electron chi connectivity index (χ0n) is 19.2. The summed E-state index contributed by atoms with van der Waals surface area (Å²) in [5.74, 6) is -0.0423. The molecule has 0 spiro atoms. The number of hydrogen-bond acceptors (Lipinski definition) is 4. The molecule has 0 radical (unpaired) electrons. The summed E-state index contributed by atoms with van der Waals surface area (Å²) in [6.07, 6.45) is 5.06. The molecule has 1 aliphatic rings. The Morgan fingerprint density at radius 1 is 1.19 bits per heavy atom. The number of pyridine rings is 1. The lowest BCUT2D eigenvalue weighted by molar-refractivity contribution is 0.0209. The molecule has 2 heterocycles. The van der Waals surface area contributed by atoms with Crippen LogP contribution < -0.4 is 5.32 Å². The minimum atomic E-state index is -0.545. The number of anilines is 1. The number of amides is 2. The van der Waals surface area contributed by atoms with E-state index in [1.165, 1.54) is 0 Å². The first kappa shape index (κ1) is 22.5. The highest BCUT2D eigenvalue weighted by Gasteiger charge is 2.29. The molecule has 0 bridgehead atoms. The van der Waals surface area contributed by atoms with E-state index < -0.39 is 5.60 Å². The Labute approximate surface area is 184 Å². The molecule has 0 fully saturated rings. The van der Waals surface area contributed by atoms with Gasteiger partial charge in [-0.15, -0.1) is 0 Å². The lowest BCUT2D eigenvalue weighted by Crippen LogP contribution is -2.41. The number of ether oxygens (including phenoxy) is 1. The Bertz CT molecular complexity index is 1020. The van der Waals surface area contributed by atoms with E-state index in [2.05, 4.69) is 17.2 Å². The molecule has 2 aromatic rings. The Balaban J connectivity index is 1.78. The summed E-state index contributed by atoms with van der Waals surface area (Å²) >= 11 is 0. The Morgan fingerprint density at radius 2 is 1.94 bits per heavy atom. The van der Waals surface area contributed by atoms with Crippen molar-refractivity contribution in [1.82, 2.24) is 9.88 Å². The van der Waals surface area contributed by atoms with Crippen molar-refractivity contribution in [1.29, 1.82) is 0 Å². The third-order valence-electron chi connectivity index (χ3n) is 4.92. The summed E-state index contributed by atoms with van der Waals surface area (Å²) in [5, 5.41) is 2.92. The highest BCUT2D eigenvalue weighted by atomic mass is 16.6. The summed E-state index contributed by atoms with van der Waals surface area (Å²) in [4.78, 5) is 31.3. The van der Waals surface area contributed by atoms with Crippen LogP contribution in [0.2, 0.25) is 0 Å². The molecule has 6 nitrogen and oxygen atoms in total. The largest absolute Gasteiger partial charge is 0.444 e. The summed E-state index contributed by atoms with van der Waals surface area (Å²) in [6.45, 7) is 12.7. The van der Waals surface area contributed by atoms with Gasteiger partial charge in [0.05, 0.1) is 11.9 Å². The minimum Gasteiger partial charge on any atom is -0.444 e. The number of benzene rings is 1. The molecule has 0 saturated carbocycles. The van der Waals surface area contributed by atoms with Crippen LogP contribution in [0.4, 0.5) is 10.5 Å². The van der Waals surface area contributed by atoms with Crippen molar-refractivity contribution in [2.75, 3.05) is 11.9 Å². The average Bonchev–Trinajstić information content (AvgIpc) is 2.66. The van der Waals surface area contributed by atoms with Crippen LogP contribution in [0.5, 0.6) is 0 Å². The molecule has 1 aliphatic heterocycles. The summed E-state index contributed by atoms with van der Waals surface area (Å²) in [6, 6.07) is 7.58. The maximum atomic E-state index is 12.9. The van der Waals surface area contributed by atoms with Crippen LogP contribution in [0.15, 0.2) is 42.2 Å². The number of rotatable bonds is 3. The second-order valence-corrected chi connectivity index (χ2v) is 9.36. The summed E-state index contributed by atoms with van der Waals surface area (Å²) < 4.78 is 5.53. The van der Waals surface area contributed by atoms with Crippen LogP contribution in [0, 0.1) is 0 Å². The molecule has 1 atom stereocenters. The molecule has 1 N–H and O–H groups in total. The molecule has 1 unspecified atom stereocenters. The van der Waals surface area contributed by atoms with Gasteiger partial charge in [-0.2, -0.15) is 0 Å². The van der Waals surface area contributed by atoms with Gasteiger partial charge >= 0.3 is 6.09 Å². The second kappa shape index (κ2) is 8.92. The number of allylic oxidation sites excluding steroid dienone is 1. The van der Waals surface area contributed by atoms with Crippen LogP contribution in [0.25, 0.3) is 6.08 Å². The maximum Gasteiger partial charge on any atom is 0.410 e. The lowest BCUT2D eigenvalue weighted by Gasteiger charge is -2.34. The van der Waals surface area contributed by atoms with Crippen LogP contribution in [-0.2, 0) is 11.3 Å². The van der Waals surface area contributed by atoms with Crippen LogP contribution in [0.1, 0.15) is 74.5 Å². The van der Waals surface area contributed by atoms with Gasteiger partial charge in [0, 0.05) is 24.8 Å². The van der Waals surface area contributed by atoms with E-state index in [4.69, 9.17) is 4.74 Å². The fourth-order valence-electron chi connectivity index (χ4n) is 3.67. The molecule has 3 rings (SSSR count). The van der Waals surface area contributed by atoms with Gasteiger partial charge in [0.2, 0.25) is 0 Å². The van der Waals surface area contributed by atoms with Crippen molar-refractivity contribution in [3.63, 3.8) is 0 Å². The molecule has 0 aliphatic carbocycles. The Hall–Kier alpha value is -3.15. The number of carbonyl (C=O) groups is 2. The topological polar surface area (TPSA) is 71.5 Å². The van der Waals surface area contributed by atoms with E-state index in [0.29, 0.717) is 24.3 Å². The molecular weight excluding hydrogens is 390 g/mol. The first-order valence-corrected chi connectivity index (χ1v) is 10.5. The predicted molar refractivity (Wildman–Crippen MR) is 123 cm³/mol. The van der Waals surface area contributed by atoms with Gasteiger partial charge in [0.1, 0.15) is 5.60 Å². The Morgan fingerprint density at radius 3 is 2.61 bits per heavy atom. The SMILES string of the molecule is CC(C)=Cc1cncc(NC(=O)c2ccc3c(c2)CN(C(=O)OC(C)(C)C)CC3C)c1. The van der Waals surface area contributed by atoms with Crippen LogP contribution >= 0.6 is 0 Å². The Kier molecular flexibility index (Phi) is 6.48. The van der Waals surface area contributed by atoms with E-state index in [-0.39, 0.29) is 17.9 Å². The minimum absolute atomic E-state index is 0.165. The standard InChI is InChI=1S/C25H31N3O3/c1-16(2)9-18-10-21(13-26-12-18)27-23(29)19-7-8-22-17(3)14-28(15-20(22)11-19)24(30)31-25(4,5)6/h7-13,17H,14-15H2,1-6H3,(H,27,29). The van der Waals surface area contributed by atoms with E-state index >= 15 is 0 Å². The van der Waals surface area contributed by atoms with E-state index in [1.54, 1.807) is 17.3 Å². The molecule has 164 valence electrons. The van der Waals surface area contributed by atoms with E-state index in [9.17, 15) is 9.59 Å². The summed E-state index contributed by atoms with van der Waals surface area (Å²) in [5.41, 5.74) is 4.85. The monoisotopic (exact) mass is 421 g/mol. The predicted octanol–water partition coefficient (Wildman–Crippen LogP) is 5.61. The lowest BCUT2D eigenvalue weighted by atomic mass is 9.90. The quantitative estimate of drug-likeness (QED) is 0.699. The van der Waals surface area contributed by atoms with E-state index in [1.807, 2.05) is 65.0 Å². The molecule has 2 amide bonds. The third-order valence-corrected chi connectivity index (χ3v) is 4.92. The fourth-order valence-corrected chi connectivity index (χ4v) is 3.67. The van der Waals surface area contributed by atoms with Gasteiger partial charge in [-0.3, -0.25) is 9.78 Å². The third kappa shape index (κ3) is 5.94. The van der Waals surface area contributed by atoms with E-state index in [0.717, 1.165) is 22.3 Å². The average molecular weight is 422 g/mol. The zero-order chi connectivity index (χ0) is 22.8. The molecule has 0 saturated heterocycles. The van der Waals surface area contributed by atoms with Crippen molar-refractivity contribution < 1.29 is 14.3 Å². The van der Waals surface area contributed by atoms with Crippen molar-refractivity contribution in [3.05, 3.63) is 64.5 Å². The van der Waals surface area contributed by atoms with Gasteiger partial charge in [0.25, 0.3) is 5.91 Å². The number of fused-ring (bicyclic) bond motifs is 1. The molecule has 1 aromatic heterocycles. The highest BCUT2D eigenvalue weighted by molar-refractivity contribution is 6.04. The number of nitrogens with zero attached hydrogens (tertiary/aromatic N) is 2. The first-order valence-electron chi connectivity index (χ1n) is 10.5. The van der Waals surface area contributed by atoms with Crippen LogP contribution in [-0.4, -0.2) is 34.0 Å². The van der Waals surface area contributed by atoms with Gasteiger partial charge in [-0.25, -0.2) is 4.79 Å². The number of aromatic nitrogens is 1. The van der Waals surface area contributed by atoms with Crippen molar-refractivity contribution in [2.24, 2.45) is 0 Å². The van der Waals surface area contributed by atoms with Gasteiger partial charge < -0.3 is 15.0 Å². The first-order chi connectivity index (χ1) is 14.5. The number of nitrogens with one attached hydrogen (secondary N) is 1. The number of carbonyl (C=O) groups excluding carboxylic acids is 2.